The molecule has 2 aliphatic rings. The smallest absolute Gasteiger partial charge is 0.331 e. The van der Waals surface area contributed by atoms with Crippen molar-refractivity contribution >= 4 is 56.5 Å². The van der Waals surface area contributed by atoms with E-state index in [1.807, 2.05) is 19.9 Å². The standard InChI is InChI=1S/C25H26N6O3S/c1-4-19(32)30-11-5-6-15(13-30)28-23(33)22-21-20-18(8-10-27-24(20)35-22)31(25(34)29-21)16-7-9-26-17(12-16)14(2)3/h4,7-10,12,14-15H,1,5-6,11,13H2,2-3H3,(H,28,33)(H,29,34)/t15-/m1/s1. The van der Waals surface area contributed by atoms with Crippen molar-refractivity contribution in [2.45, 2.75) is 38.6 Å². The van der Waals surface area contributed by atoms with E-state index in [0.29, 0.717) is 39.9 Å². The predicted octanol–water partition coefficient (Wildman–Crippen LogP) is 4.41. The highest BCUT2D eigenvalue weighted by Gasteiger charge is 2.34. The Hall–Kier alpha value is -3.79. The highest BCUT2D eigenvalue weighted by atomic mass is 32.1. The van der Waals surface area contributed by atoms with Gasteiger partial charge in [0.1, 0.15) is 9.71 Å². The van der Waals surface area contributed by atoms with Crippen LogP contribution in [0.4, 0.5) is 21.9 Å². The molecular weight excluding hydrogens is 464 g/mol. The van der Waals surface area contributed by atoms with Gasteiger partial charge in [-0.25, -0.2) is 9.78 Å². The second-order valence-corrected chi connectivity index (χ2v) is 9.98. The maximum absolute atomic E-state index is 13.3. The van der Waals surface area contributed by atoms with E-state index in [1.165, 1.54) is 17.4 Å². The topological polar surface area (TPSA) is 108 Å². The maximum atomic E-state index is 13.3. The lowest BCUT2D eigenvalue weighted by atomic mass is 10.1. The largest absolute Gasteiger partial charge is 0.347 e. The maximum Gasteiger partial charge on any atom is 0.331 e. The number of aromatic nitrogens is 2. The number of urea groups is 1. The molecule has 3 aromatic heterocycles. The fraction of sp³-hybridized carbons (Fsp3) is 0.320. The van der Waals surface area contributed by atoms with Crippen molar-refractivity contribution in [1.82, 2.24) is 20.2 Å². The number of pyridine rings is 2. The summed E-state index contributed by atoms with van der Waals surface area (Å²) < 4.78 is 0. The van der Waals surface area contributed by atoms with Crippen LogP contribution >= 0.6 is 11.3 Å². The first-order chi connectivity index (χ1) is 16.9. The van der Waals surface area contributed by atoms with Crippen LogP contribution in [-0.4, -0.2) is 51.8 Å². The quantitative estimate of drug-likeness (QED) is 0.515. The summed E-state index contributed by atoms with van der Waals surface area (Å²) >= 11 is 1.24. The molecule has 0 radical (unpaired) electrons. The van der Waals surface area contributed by atoms with E-state index in [-0.39, 0.29) is 29.8 Å². The molecule has 35 heavy (non-hydrogen) atoms. The Labute approximate surface area is 206 Å². The second-order valence-electron chi connectivity index (χ2n) is 8.98. The lowest BCUT2D eigenvalue weighted by molar-refractivity contribution is -0.127. The van der Waals surface area contributed by atoms with Crippen molar-refractivity contribution in [3.8, 4) is 0 Å². The van der Waals surface area contributed by atoms with Crippen molar-refractivity contribution in [3.63, 3.8) is 0 Å². The minimum absolute atomic E-state index is 0.140. The van der Waals surface area contributed by atoms with Gasteiger partial charge < -0.3 is 15.5 Å². The number of anilines is 3. The van der Waals surface area contributed by atoms with E-state index in [4.69, 9.17) is 0 Å². The summed E-state index contributed by atoms with van der Waals surface area (Å²) in [7, 11) is 0. The number of nitrogens with one attached hydrogen (secondary N) is 2. The number of thiophene rings is 1. The summed E-state index contributed by atoms with van der Waals surface area (Å²) in [4.78, 5) is 51.8. The zero-order valence-corrected chi connectivity index (χ0v) is 20.4. The molecule has 0 unspecified atom stereocenters. The van der Waals surface area contributed by atoms with Gasteiger partial charge in [0.05, 0.1) is 22.4 Å². The molecule has 0 saturated carbocycles. The summed E-state index contributed by atoms with van der Waals surface area (Å²) in [6.45, 7) is 8.73. The molecule has 3 aromatic rings. The Morgan fingerprint density at radius 1 is 1.29 bits per heavy atom. The molecule has 1 fully saturated rings. The fourth-order valence-electron chi connectivity index (χ4n) is 4.57. The molecule has 0 bridgehead atoms. The lowest BCUT2D eigenvalue weighted by Crippen LogP contribution is -2.49. The zero-order valence-electron chi connectivity index (χ0n) is 19.6. The molecule has 4 amide bonds. The van der Waals surface area contributed by atoms with Gasteiger partial charge in [0, 0.05) is 37.2 Å². The van der Waals surface area contributed by atoms with Crippen molar-refractivity contribution in [2.24, 2.45) is 0 Å². The van der Waals surface area contributed by atoms with Gasteiger partial charge in [-0.05, 0) is 43.0 Å². The van der Waals surface area contributed by atoms with Gasteiger partial charge >= 0.3 is 6.03 Å². The van der Waals surface area contributed by atoms with Crippen molar-refractivity contribution in [1.29, 1.82) is 0 Å². The summed E-state index contributed by atoms with van der Waals surface area (Å²) in [5.74, 6) is -0.213. The van der Waals surface area contributed by atoms with E-state index < -0.39 is 0 Å². The van der Waals surface area contributed by atoms with Gasteiger partial charge in [-0.1, -0.05) is 20.4 Å². The third-order valence-corrected chi connectivity index (χ3v) is 7.41. The Kier molecular flexibility index (Phi) is 5.98. The predicted molar refractivity (Wildman–Crippen MR) is 136 cm³/mol. The zero-order chi connectivity index (χ0) is 24.7. The van der Waals surface area contributed by atoms with Crippen LogP contribution < -0.4 is 15.5 Å². The van der Waals surface area contributed by atoms with Gasteiger partial charge in [-0.3, -0.25) is 19.5 Å². The first kappa shape index (κ1) is 23.0. The normalized spacial score (nSPS) is 17.5. The van der Waals surface area contributed by atoms with Crippen LogP contribution in [0.2, 0.25) is 0 Å². The van der Waals surface area contributed by atoms with Gasteiger partial charge in [0.15, 0.2) is 0 Å². The Morgan fingerprint density at radius 2 is 2.09 bits per heavy atom. The van der Waals surface area contributed by atoms with E-state index in [0.717, 1.165) is 23.9 Å². The second kappa shape index (κ2) is 9.10. The number of hydrogen-bond acceptors (Lipinski definition) is 6. The Bertz CT molecular complexity index is 1350. The number of nitrogens with zero attached hydrogens (tertiary/aromatic N) is 4. The number of amides is 4. The first-order valence-corrected chi connectivity index (χ1v) is 12.4. The average molecular weight is 491 g/mol. The van der Waals surface area contributed by atoms with Crippen LogP contribution in [0.3, 0.4) is 0 Å². The molecule has 10 heteroatoms. The number of likely N-dealkylation sites (tertiary alicyclic amines) is 1. The number of rotatable bonds is 5. The van der Waals surface area contributed by atoms with Crippen LogP contribution in [0.5, 0.6) is 0 Å². The lowest BCUT2D eigenvalue weighted by Gasteiger charge is -2.32. The molecule has 1 saturated heterocycles. The third kappa shape index (κ3) is 4.14. The van der Waals surface area contributed by atoms with Gasteiger partial charge in [0.2, 0.25) is 5.91 Å². The summed E-state index contributed by atoms with van der Waals surface area (Å²) in [5.41, 5.74) is 2.73. The van der Waals surface area contributed by atoms with E-state index >= 15 is 0 Å². The van der Waals surface area contributed by atoms with Crippen molar-refractivity contribution in [3.05, 3.63) is 53.8 Å². The molecular formula is C25H26N6O3S. The molecule has 5 heterocycles. The molecule has 9 nitrogen and oxygen atoms in total. The molecule has 2 aliphatic heterocycles. The number of hydrogen-bond donors (Lipinski definition) is 2. The summed E-state index contributed by atoms with van der Waals surface area (Å²) in [5, 5.41) is 6.70. The average Bonchev–Trinajstić information content (AvgIpc) is 3.23. The van der Waals surface area contributed by atoms with Crippen molar-refractivity contribution < 1.29 is 14.4 Å². The molecule has 180 valence electrons. The SMILES string of the molecule is C=CC(=O)N1CCC[C@@H](NC(=O)c2sc3nccc4c3c2NC(=O)N4c2ccnc(C(C)C)c2)C1. The number of carbonyl (C=O) groups is 3. The van der Waals surface area contributed by atoms with Crippen LogP contribution in [0.25, 0.3) is 10.2 Å². The molecule has 0 spiro atoms. The summed E-state index contributed by atoms with van der Waals surface area (Å²) in [6, 6.07) is 4.96. The minimum atomic E-state index is -0.348. The van der Waals surface area contributed by atoms with E-state index in [2.05, 4.69) is 27.2 Å². The Morgan fingerprint density at radius 3 is 2.86 bits per heavy atom. The fourth-order valence-corrected chi connectivity index (χ4v) is 5.59. The molecule has 2 N–H and O–H groups in total. The highest BCUT2D eigenvalue weighted by Crippen LogP contribution is 2.45. The Balaban J connectivity index is 1.48. The minimum Gasteiger partial charge on any atom is -0.347 e. The van der Waals surface area contributed by atoms with Gasteiger partial charge in [0.25, 0.3) is 5.91 Å². The van der Waals surface area contributed by atoms with Gasteiger partial charge in [-0.15, -0.1) is 11.3 Å². The molecule has 1 atom stereocenters. The van der Waals surface area contributed by atoms with E-state index in [9.17, 15) is 14.4 Å². The summed E-state index contributed by atoms with van der Waals surface area (Å²) in [6.07, 6.45) is 6.21. The van der Waals surface area contributed by atoms with Crippen LogP contribution in [-0.2, 0) is 4.79 Å². The van der Waals surface area contributed by atoms with Crippen LogP contribution in [0, 0.1) is 0 Å². The third-order valence-electron chi connectivity index (χ3n) is 6.31. The molecule has 0 aromatic carbocycles. The highest BCUT2D eigenvalue weighted by molar-refractivity contribution is 7.21. The van der Waals surface area contributed by atoms with Crippen molar-refractivity contribution in [2.75, 3.05) is 23.3 Å². The monoisotopic (exact) mass is 490 g/mol. The molecule has 0 aliphatic carbocycles. The van der Waals surface area contributed by atoms with E-state index in [1.54, 1.807) is 34.3 Å². The number of piperidine rings is 1. The first-order valence-electron chi connectivity index (χ1n) is 11.6. The van der Waals surface area contributed by atoms with Crippen LogP contribution in [0.15, 0.2) is 43.2 Å². The van der Waals surface area contributed by atoms with Gasteiger partial charge in [-0.2, -0.15) is 0 Å². The van der Waals surface area contributed by atoms with Crippen LogP contribution in [0.1, 0.15) is 48.0 Å². The molecule has 5 rings (SSSR count). The number of carbonyl (C=O) groups excluding carboxylic acids is 3.